The predicted octanol–water partition coefficient (Wildman–Crippen LogP) is 1.19. The number of anilines is 1. The van der Waals surface area contributed by atoms with Crippen molar-refractivity contribution in [2.24, 2.45) is 5.92 Å². The Hall–Kier alpha value is -1.95. The summed E-state index contributed by atoms with van der Waals surface area (Å²) in [5.74, 6) is 0.229. The summed E-state index contributed by atoms with van der Waals surface area (Å²) >= 11 is 0. The third-order valence-electron chi connectivity index (χ3n) is 2.47. The number of rotatable bonds is 5. The van der Waals surface area contributed by atoms with Gasteiger partial charge in [0.15, 0.2) is 6.04 Å². The van der Waals surface area contributed by atoms with Crippen molar-refractivity contribution in [3.8, 4) is 0 Å². The Kier molecular flexibility index (Phi) is 4.79. The van der Waals surface area contributed by atoms with Crippen molar-refractivity contribution in [1.82, 2.24) is 0 Å². The first kappa shape index (κ1) is 14.1. The lowest BCUT2D eigenvalue weighted by Crippen LogP contribution is -2.66. The van der Waals surface area contributed by atoms with Crippen LogP contribution in [0.4, 0.5) is 11.4 Å². The van der Waals surface area contributed by atoms with Crippen LogP contribution in [0.25, 0.3) is 0 Å². The molecule has 4 N–H and O–H groups in total. The maximum atomic E-state index is 11.8. The first-order chi connectivity index (χ1) is 8.40. The van der Waals surface area contributed by atoms with Crippen molar-refractivity contribution < 1.29 is 15.5 Å². The summed E-state index contributed by atoms with van der Waals surface area (Å²) in [5.41, 5.74) is 4.35. The molecule has 0 aliphatic heterocycles. The Balaban J connectivity index is 2.62. The minimum Gasteiger partial charge on any atom is -0.347 e. The highest BCUT2D eigenvalue weighted by Crippen LogP contribution is 2.15. The molecular weight excluding hydrogens is 234 g/mol. The van der Waals surface area contributed by atoms with Crippen LogP contribution in [0.1, 0.15) is 20.3 Å². The highest BCUT2D eigenvalue weighted by atomic mass is 16.6. The molecule has 18 heavy (non-hydrogen) atoms. The highest BCUT2D eigenvalue weighted by Gasteiger charge is 2.18. The fourth-order valence-corrected chi connectivity index (χ4v) is 1.59. The fraction of sp³-hybridized carbons (Fsp3) is 0.417. The van der Waals surface area contributed by atoms with Gasteiger partial charge in [-0.15, -0.1) is 0 Å². The molecule has 0 aliphatic rings. The zero-order valence-corrected chi connectivity index (χ0v) is 10.6. The number of nitrogens with zero attached hydrogens (tertiary/aromatic N) is 1. The van der Waals surface area contributed by atoms with E-state index in [0.717, 1.165) is 0 Å². The second kappa shape index (κ2) is 6.11. The molecule has 0 unspecified atom stereocenters. The van der Waals surface area contributed by atoms with Crippen LogP contribution in [0.5, 0.6) is 0 Å². The average molecular weight is 252 g/mol. The van der Waals surface area contributed by atoms with Crippen LogP contribution in [0.15, 0.2) is 24.3 Å². The number of nitro benzene ring substituents is 1. The van der Waals surface area contributed by atoms with E-state index in [2.05, 4.69) is 11.1 Å². The van der Waals surface area contributed by atoms with Gasteiger partial charge in [-0.25, -0.2) is 0 Å². The van der Waals surface area contributed by atoms with Gasteiger partial charge in [-0.2, -0.15) is 0 Å². The molecule has 0 bridgehead atoms. The van der Waals surface area contributed by atoms with Gasteiger partial charge in [-0.1, -0.05) is 13.8 Å². The second-order valence-electron chi connectivity index (χ2n) is 4.62. The van der Waals surface area contributed by atoms with Gasteiger partial charge in [0.25, 0.3) is 11.6 Å². The Morgan fingerprint density at radius 1 is 1.39 bits per heavy atom. The number of hydrogen-bond donors (Lipinski definition) is 2. The zero-order valence-electron chi connectivity index (χ0n) is 10.6. The lowest BCUT2D eigenvalue weighted by molar-refractivity contribution is -0.405. The molecule has 1 amide bonds. The normalized spacial score (nSPS) is 12.2. The third kappa shape index (κ3) is 4.14. The van der Waals surface area contributed by atoms with E-state index < -0.39 is 4.92 Å². The van der Waals surface area contributed by atoms with Crippen molar-refractivity contribution in [2.45, 2.75) is 26.3 Å². The maximum absolute atomic E-state index is 11.8. The molecule has 0 aliphatic carbocycles. The quantitative estimate of drug-likeness (QED) is 0.608. The van der Waals surface area contributed by atoms with E-state index in [9.17, 15) is 14.9 Å². The summed E-state index contributed by atoms with van der Waals surface area (Å²) in [7, 11) is 0. The minimum absolute atomic E-state index is 0.00125. The zero-order chi connectivity index (χ0) is 13.7. The van der Waals surface area contributed by atoms with Crippen LogP contribution in [-0.4, -0.2) is 16.9 Å². The first-order valence-corrected chi connectivity index (χ1v) is 5.78. The van der Waals surface area contributed by atoms with Gasteiger partial charge in [0, 0.05) is 24.2 Å². The van der Waals surface area contributed by atoms with Gasteiger partial charge in [-0.05, 0) is 18.1 Å². The molecule has 1 rings (SSSR count). The van der Waals surface area contributed by atoms with E-state index in [-0.39, 0.29) is 17.6 Å². The Bertz CT molecular complexity index is 429. The van der Waals surface area contributed by atoms with Crippen molar-refractivity contribution in [1.29, 1.82) is 0 Å². The van der Waals surface area contributed by atoms with Crippen LogP contribution < -0.4 is 11.1 Å². The van der Waals surface area contributed by atoms with E-state index in [0.29, 0.717) is 18.0 Å². The Morgan fingerprint density at radius 2 is 1.94 bits per heavy atom. The van der Waals surface area contributed by atoms with Gasteiger partial charge in [0.1, 0.15) is 0 Å². The van der Waals surface area contributed by atoms with Crippen LogP contribution in [0.2, 0.25) is 0 Å². The van der Waals surface area contributed by atoms with E-state index in [1.807, 2.05) is 13.8 Å². The number of carbonyl (C=O) groups excluding carboxylic acids is 1. The summed E-state index contributed by atoms with van der Waals surface area (Å²) in [6, 6.07) is 5.42. The molecule has 1 aromatic rings. The van der Waals surface area contributed by atoms with Crippen molar-refractivity contribution in [3.63, 3.8) is 0 Å². The molecule has 1 aromatic carbocycles. The van der Waals surface area contributed by atoms with Crippen molar-refractivity contribution in [3.05, 3.63) is 34.4 Å². The smallest absolute Gasteiger partial charge is 0.282 e. The molecule has 0 spiro atoms. The molecule has 0 fully saturated rings. The van der Waals surface area contributed by atoms with Crippen LogP contribution in [0.3, 0.4) is 0 Å². The monoisotopic (exact) mass is 252 g/mol. The van der Waals surface area contributed by atoms with Gasteiger partial charge < -0.3 is 11.1 Å². The molecule has 0 saturated heterocycles. The molecule has 0 radical (unpaired) electrons. The molecule has 0 heterocycles. The topological polar surface area (TPSA) is 99.9 Å². The van der Waals surface area contributed by atoms with E-state index in [4.69, 9.17) is 0 Å². The lowest BCUT2D eigenvalue weighted by Gasteiger charge is -2.11. The van der Waals surface area contributed by atoms with E-state index in [1.54, 1.807) is 0 Å². The molecule has 1 atom stereocenters. The van der Waals surface area contributed by atoms with Gasteiger partial charge >= 0.3 is 0 Å². The molecule has 0 aromatic heterocycles. The maximum Gasteiger partial charge on any atom is 0.282 e. The largest absolute Gasteiger partial charge is 0.347 e. The number of quaternary nitrogens is 1. The average Bonchev–Trinajstić information content (AvgIpc) is 2.28. The van der Waals surface area contributed by atoms with Gasteiger partial charge in [-0.3, -0.25) is 14.9 Å². The standard InChI is InChI=1S/C12H17N3O3/c1-8(2)7-11(13)12(16)14-9-3-5-10(6-4-9)15(17)18/h3-6,8,11H,7,13H2,1-2H3,(H,14,16)/p+1/t11-/m1/s1. The number of amides is 1. The Labute approximate surface area is 105 Å². The van der Waals surface area contributed by atoms with Gasteiger partial charge in [0.05, 0.1) is 4.92 Å². The number of carbonyl (C=O) groups is 1. The fourth-order valence-electron chi connectivity index (χ4n) is 1.59. The Morgan fingerprint density at radius 3 is 2.39 bits per heavy atom. The SMILES string of the molecule is CC(C)C[C@@H]([NH3+])C(=O)Nc1ccc([N+](=O)[O-])cc1. The minimum atomic E-state index is -0.478. The number of non-ortho nitro benzene ring substituents is 1. The molecule has 6 heteroatoms. The summed E-state index contributed by atoms with van der Waals surface area (Å²) in [4.78, 5) is 21.8. The van der Waals surface area contributed by atoms with Crippen LogP contribution in [-0.2, 0) is 4.79 Å². The van der Waals surface area contributed by atoms with Crippen molar-refractivity contribution >= 4 is 17.3 Å². The summed E-state index contributed by atoms with van der Waals surface area (Å²) < 4.78 is 0. The van der Waals surface area contributed by atoms with E-state index >= 15 is 0 Å². The number of nitro groups is 1. The molecule has 6 nitrogen and oxygen atoms in total. The van der Waals surface area contributed by atoms with Crippen LogP contribution in [0, 0.1) is 16.0 Å². The second-order valence-corrected chi connectivity index (χ2v) is 4.62. The molecule has 0 saturated carbocycles. The first-order valence-electron chi connectivity index (χ1n) is 5.78. The molecule has 98 valence electrons. The predicted molar refractivity (Wildman–Crippen MR) is 67.9 cm³/mol. The molecular formula is C12H18N3O3+. The lowest BCUT2D eigenvalue weighted by atomic mass is 10.0. The van der Waals surface area contributed by atoms with E-state index in [1.165, 1.54) is 24.3 Å². The number of benzene rings is 1. The van der Waals surface area contributed by atoms with Gasteiger partial charge in [0.2, 0.25) is 0 Å². The van der Waals surface area contributed by atoms with Crippen LogP contribution >= 0.6 is 0 Å². The number of hydrogen-bond acceptors (Lipinski definition) is 3. The number of nitrogens with one attached hydrogen (secondary N) is 1. The highest BCUT2D eigenvalue weighted by molar-refractivity contribution is 5.93. The summed E-state index contributed by atoms with van der Waals surface area (Å²) in [5, 5.41) is 13.2. The summed E-state index contributed by atoms with van der Waals surface area (Å²) in [6.07, 6.45) is 0.707. The third-order valence-corrected chi connectivity index (χ3v) is 2.47. The summed E-state index contributed by atoms with van der Waals surface area (Å²) in [6.45, 7) is 4.05. The van der Waals surface area contributed by atoms with Crippen molar-refractivity contribution in [2.75, 3.05) is 5.32 Å².